The molecular formula is C30H27BrClNO5. The lowest BCUT2D eigenvalue weighted by Gasteiger charge is -2.26. The van der Waals surface area contributed by atoms with Crippen molar-refractivity contribution in [1.29, 1.82) is 0 Å². The molecule has 2 heterocycles. The van der Waals surface area contributed by atoms with Gasteiger partial charge < -0.3 is 13.9 Å². The second-order valence-electron chi connectivity index (χ2n) is 9.19. The van der Waals surface area contributed by atoms with E-state index in [1.54, 1.807) is 41.3 Å². The summed E-state index contributed by atoms with van der Waals surface area (Å²) in [7, 11) is 1.53. The van der Waals surface area contributed by atoms with Gasteiger partial charge in [0, 0.05) is 10.2 Å². The molecule has 1 aromatic heterocycles. The van der Waals surface area contributed by atoms with Crippen molar-refractivity contribution in [1.82, 2.24) is 0 Å². The van der Waals surface area contributed by atoms with Gasteiger partial charge in [-0.2, -0.15) is 0 Å². The number of amides is 1. The topological polar surface area (TPSA) is 69.0 Å². The van der Waals surface area contributed by atoms with Crippen LogP contribution in [0.25, 0.3) is 11.0 Å². The maximum Gasteiger partial charge on any atom is 0.295 e. The molecule has 196 valence electrons. The molecule has 38 heavy (non-hydrogen) atoms. The maximum atomic E-state index is 13.8. The lowest BCUT2D eigenvalue weighted by atomic mass is 9.98. The number of unbranched alkanes of at least 4 members (excludes halogenated alkanes) is 3. The van der Waals surface area contributed by atoms with Crippen LogP contribution in [0, 0.1) is 0 Å². The quantitative estimate of drug-likeness (QED) is 0.184. The first kappa shape index (κ1) is 26.3. The second-order valence-corrected chi connectivity index (χ2v) is 10.5. The molecular weight excluding hydrogens is 570 g/mol. The van der Waals surface area contributed by atoms with Crippen molar-refractivity contribution in [2.75, 3.05) is 18.6 Å². The van der Waals surface area contributed by atoms with Crippen molar-refractivity contribution < 1.29 is 18.7 Å². The number of hydrogen-bond donors (Lipinski definition) is 0. The lowest BCUT2D eigenvalue weighted by molar-refractivity contribution is 0.0971. The number of methoxy groups -OCH3 is 1. The maximum absolute atomic E-state index is 13.8. The predicted octanol–water partition coefficient (Wildman–Crippen LogP) is 7.93. The highest BCUT2D eigenvalue weighted by molar-refractivity contribution is 9.10. The van der Waals surface area contributed by atoms with E-state index < -0.39 is 11.9 Å². The van der Waals surface area contributed by atoms with Crippen LogP contribution in [0.4, 0.5) is 5.69 Å². The molecule has 1 amide bonds. The van der Waals surface area contributed by atoms with Gasteiger partial charge in [-0.15, -0.1) is 0 Å². The van der Waals surface area contributed by atoms with Gasteiger partial charge in [0.15, 0.2) is 5.43 Å². The number of anilines is 1. The Balaban J connectivity index is 1.59. The molecule has 0 N–H and O–H groups in total. The Morgan fingerprint density at radius 2 is 1.79 bits per heavy atom. The Hall–Kier alpha value is -3.29. The predicted molar refractivity (Wildman–Crippen MR) is 153 cm³/mol. The molecule has 8 heteroatoms. The third-order valence-corrected chi connectivity index (χ3v) is 7.50. The van der Waals surface area contributed by atoms with Crippen LogP contribution >= 0.6 is 27.5 Å². The van der Waals surface area contributed by atoms with Gasteiger partial charge in [0.25, 0.3) is 5.91 Å². The minimum atomic E-state index is -0.708. The van der Waals surface area contributed by atoms with Crippen molar-refractivity contribution >= 4 is 50.1 Å². The first-order valence-corrected chi connectivity index (χ1v) is 13.8. The molecule has 1 unspecified atom stereocenters. The summed E-state index contributed by atoms with van der Waals surface area (Å²) < 4.78 is 18.0. The summed E-state index contributed by atoms with van der Waals surface area (Å²) in [5, 5.41) is 0.755. The zero-order chi connectivity index (χ0) is 26.8. The van der Waals surface area contributed by atoms with E-state index in [9.17, 15) is 9.59 Å². The summed E-state index contributed by atoms with van der Waals surface area (Å²) in [6.45, 7) is 2.82. The van der Waals surface area contributed by atoms with Gasteiger partial charge in [0.05, 0.1) is 35.7 Å². The van der Waals surface area contributed by atoms with E-state index in [0.717, 1.165) is 28.6 Å². The van der Waals surface area contributed by atoms with Crippen LogP contribution in [0.5, 0.6) is 11.5 Å². The standard InChI is InChI=1S/C30H27BrClNO5/c1-3-4-5-6-15-37-21-11-7-18(8-12-21)27-26-28(34)22-16-19(31)9-13-24(22)38-29(26)30(35)33(27)20-10-14-25(36-2)23(32)17-20/h7-14,16-17,27H,3-6,15H2,1-2H3. The van der Waals surface area contributed by atoms with E-state index in [0.29, 0.717) is 39.6 Å². The monoisotopic (exact) mass is 595 g/mol. The van der Waals surface area contributed by atoms with Crippen molar-refractivity contribution in [3.05, 3.63) is 97.3 Å². The first-order valence-electron chi connectivity index (χ1n) is 12.6. The van der Waals surface area contributed by atoms with Gasteiger partial charge in [-0.1, -0.05) is 65.8 Å². The Bertz CT molecular complexity index is 1550. The van der Waals surface area contributed by atoms with Crippen LogP contribution in [0.1, 0.15) is 60.3 Å². The highest BCUT2D eigenvalue weighted by Crippen LogP contribution is 2.43. The third kappa shape index (κ3) is 4.93. The minimum absolute atomic E-state index is 0.0259. The Morgan fingerprint density at radius 1 is 1.00 bits per heavy atom. The molecule has 4 aromatic rings. The summed E-state index contributed by atoms with van der Waals surface area (Å²) in [5.41, 5.74) is 1.67. The molecule has 6 nitrogen and oxygen atoms in total. The van der Waals surface area contributed by atoms with Gasteiger partial charge in [-0.3, -0.25) is 14.5 Å². The van der Waals surface area contributed by atoms with Crippen LogP contribution in [0.15, 0.2) is 74.3 Å². The summed E-state index contributed by atoms with van der Waals surface area (Å²) in [6.07, 6.45) is 4.49. The fourth-order valence-corrected chi connectivity index (χ4v) is 5.41. The minimum Gasteiger partial charge on any atom is -0.495 e. The third-order valence-electron chi connectivity index (χ3n) is 6.71. The molecule has 3 aromatic carbocycles. The molecule has 0 aliphatic carbocycles. The van der Waals surface area contributed by atoms with E-state index in [1.165, 1.54) is 20.0 Å². The molecule has 1 aliphatic heterocycles. The van der Waals surface area contributed by atoms with E-state index in [1.807, 2.05) is 24.3 Å². The average molecular weight is 597 g/mol. The van der Waals surface area contributed by atoms with Crippen molar-refractivity contribution in [2.45, 2.75) is 38.6 Å². The Morgan fingerprint density at radius 3 is 2.50 bits per heavy atom. The van der Waals surface area contributed by atoms with Crippen molar-refractivity contribution in [2.24, 2.45) is 0 Å². The number of benzene rings is 3. The molecule has 0 saturated carbocycles. The second kappa shape index (κ2) is 11.2. The van der Waals surface area contributed by atoms with Crippen LogP contribution in [-0.4, -0.2) is 19.6 Å². The molecule has 5 rings (SSSR count). The number of rotatable bonds is 9. The van der Waals surface area contributed by atoms with Crippen LogP contribution in [0.2, 0.25) is 5.02 Å². The summed E-state index contributed by atoms with van der Waals surface area (Å²) in [4.78, 5) is 29.2. The average Bonchev–Trinajstić information content (AvgIpc) is 3.21. The Labute approximate surface area is 234 Å². The van der Waals surface area contributed by atoms with Crippen LogP contribution in [-0.2, 0) is 0 Å². The fourth-order valence-electron chi connectivity index (χ4n) is 4.80. The van der Waals surface area contributed by atoms with Crippen molar-refractivity contribution in [3.8, 4) is 11.5 Å². The number of ether oxygens (including phenoxy) is 2. The smallest absolute Gasteiger partial charge is 0.295 e. The van der Waals surface area contributed by atoms with Crippen molar-refractivity contribution in [3.63, 3.8) is 0 Å². The summed E-state index contributed by atoms with van der Waals surface area (Å²) in [5.74, 6) is 0.840. The van der Waals surface area contributed by atoms with E-state index >= 15 is 0 Å². The van der Waals surface area contributed by atoms with Gasteiger partial charge in [0.2, 0.25) is 5.76 Å². The molecule has 1 atom stereocenters. The van der Waals surface area contributed by atoms with Crippen LogP contribution in [0.3, 0.4) is 0 Å². The van der Waals surface area contributed by atoms with E-state index in [4.69, 9.17) is 25.5 Å². The van der Waals surface area contributed by atoms with Gasteiger partial charge in [-0.05, 0) is 60.5 Å². The Kier molecular flexibility index (Phi) is 7.77. The molecule has 0 bridgehead atoms. The number of fused-ring (bicyclic) bond motifs is 2. The van der Waals surface area contributed by atoms with Gasteiger partial charge >= 0.3 is 0 Å². The molecule has 0 radical (unpaired) electrons. The van der Waals surface area contributed by atoms with Gasteiger partial charge in [0.1, 0.15) is 17.1 Å². The SMILES string of the molecule is CCCCCCOc1ccc(C2c3c(oc4ccc(Br)cc4c3=O)C(=O)N2c2ccc(OC)c(Cl)c2)cc1. The zero-order valence-corrected chi connectivity index (χ0v) is 23.5. The number of carbonyl (C=O) groups is 1. The normalized spacial score (nSPS) is 14.7. The number of hydrogen-bond acceptors (Lipinski definition) is 5. The number of nitrogens with zero attached hydrogens (tertiary/aromatic N) is 1. The van der Waals surface area contributed by atoms with Crippen LogP contribution < -0.4 is 19.8 Å². The largest absolute Gasteiger partial charge is 0.495 e. The molecule has 0 spiro atoms. The lowest BCUT2D eigenvalue weighted by Crippen LogP contribution is -2.29. The highest BCUT2D eigenvalue weighted by Gasteiger charge is 2.43. The highest BCUT2D eigenvalue weighted by atomic mass is 79.9. The van der Waals surface area contributed by atoms with E-state index in [2.05, 4.69) is 22.9 Å². The summed E-state index contributed by atoms with van der Waals surface area (Å²) in [6, 6.07) is 17.1. The number of halogens is 2. The van der Waals surface area contributed by atoms with Gasteiger partial charge in [-0.25, -0.2) is 0 Å². The zero-order valence-electron chi connectivity index (χ0n) is 21.1. The molecule has 1 aliphatic rings. The first-order chi connectivity index (χ1) is 18.4. The molecule has 0 fully saturated rings. The summed E-state index contributed by atoms with van der Waals surface area (Å²) >= 11 is 9.86. The fraction of sp³-hybridized carbons (Fsp3) is 0.267. The van der Waals surface area contributed by atoms with E-state index in [-0.39, 0.29) is 11.2 Å². The molecule has 0 saturated heterocycles. The number of carbonyl (C=O) groups excluding carboxylic acids is 1.